The summed E-state index contributed by atoms with van der Waals surface area (Å²) in [7, 11) is 0. The molecule has 0 atom stereocenters. The van der Waals surface area contributed by atoms with Crippen LogP contribution in [0.2, 0.25) is 0 Å². The Morgan fingerprint density at radius 2 is 2.00 bits per heavy atom. The van der Waals surface area contributed by atoms with Crippen LogP contribution in [0.5, 0.6) is 0 Å². The van der Waals surface area contributed by atoms with E-state index in [1.165, 1.54) is 0 Å². The van der Waals surface area contributed by atoms with E-state index in [1.807, 2.05) is 24.3 Å². The molecule has 13 heavy (non-hydrogen) atoms. The highest BCUT2D eigenvalue weighted by Crippen LogP contribution is 2.31. The van der Waals surface area contributed by atoms with Gasteiger partial charge in [-0.05, 0) is 30.9 Å². The lowest BCUT2D eigenvalue weighted by Crippen LogP contribution is -2.02. The van der Waals surface area contributed by atoms with E-state index in [4.69, 9.17) is 34.8 Å². The number of hydrogen-bond donors (Lipinski definition) is 0. The second kappa shape index (κ2) is 5.09. The molecule has 0 N–H and O–H groups in total. The summed E-state index contributed by atoms with van der Waals surface area (Å²) in [4.78, 5) is 0. The quantitative estimate of drug-likeness (QED) is 0.691. The Morgan fingerprint density at radius 3 is 2.54 bits per heavy atom. The molecule has 0 heterocycles. The molecule has 0 aliphatic carbocycles. The number of benzene rings is 1. The molecule has 3 heteroatoms. The first-order chi connectivity index (χ1) is 6.08. The van der Waals surface area contributed by atoms with E-state index in [0.29, 0.717) is 6.42 Å². The molecule has 0 bridgehead atoms. The second-order valence-corrected chi connectivity index (χ2v) is 5.37. The van der Waals surface area contributed by atoms with Crippen molar-refractivity contribution in [1.82, 2.24) is 0 Å². The van der Waals surface area contributed by atoms with Crippen molar-refractivity contribution in [2.45, 2.75) is 23.1 Å². The van der Waals surface area contributed by atoms with Gasteiger partial charge in [0.15, 0.2) is 3.79 Å². The SMILES string of the molecule is ClC(Cl)(Cl)CCCc1[c]cccc1. The molecule has 0 aromatic heterocycles. The third-order valence-corrected chi connectivity index (χ3v) is 2.25. The Kier molecular flexibility index (Phi) is 4.37. The first kappa shape index (κ1) is 11.2. The second-order valence-electron chi connectivity index (χ2n) is 2.86. The van der Waals surface area contributed by atoms with Crippen LogP contribution < -0.4 is 0 Å². The molecular formula is C10H10Cl3. The van der Waals surface area contributed by atoms with Gasteiger partial charge in [-0.3, -0.25) is 0 Å². The van der Waals surface area contributed by atoms with E-state index >= 15 is 0 Å². The monoisotopic (exact) mass is 235 g/mol. The van der Waals surface area contributed by atoms with Gasteiger partial charge < -0.3 is 0 Å². The van der Waals surface area contributed by atoms with Crippen LogP contribution in [0.4, 0.5) is 0 Å². The van der Waals surface area contributed by atoms with Crippen molar-refractivity contribution in [1.29, 1.82) is 0 Å². The first-order valence-corrected chi connectivity index (χ1v) is 5.24. The van der Waals surface area contributed by atoms with Crippen molar-refractivity contribution in [3.05, 3.63) is 35.9 Å². The highest BCUT2D eigenvalue weighted by atomic mass is 35.6. The van der Waals surface area contributed by atoms with E-state index < -0.39 is 3.79 Å². The summed E-state index contributed by atoms with van der Waals surface area (Å²) in [5, 5.41) is 0. The highest BCUT2D eigenvalue weighted by molar-refractivity contribution is 6.67. The smallest absolute Gasteiger partial charge is 0.0837 e. The van der Waals surface area contributed by atoms with Crippen molar-refractivity contribution < 1.29 is 0 Å². The molecule has 0 aliphatic rings. The minimum absolute atomic E-state index is 0.584. The lowest BCUT2D eigenvalue weighted by Gasteiger charge is -2.09. The van der Waals surface area contributed by atoms with E-state index in [1.54, 1.807) is 0 Å². The summed E-state index contributed by atoms with van der Waals surface area (Å²) in [6.07, 6.45) is 2.37. The summed E-state index contributed by atoms with van der Waals surface area (Å²) >= 11 is 16.9. The number of rotatable bonds is 3. The van der Waals surface area contributed by atoms with Gasteiger partial charge in [0.25, 0.3) is 0 Å². The van der Waals surface area contributed by atoms with Gasteiger partial charge in [-0.2, -0.15) is 0 Å². The Labute approximate surface area is 93.8 Å². The molecule has 71 valence electrons. The number of aryl methyl sites for hydroxylation is 1. The van der Waals surface area contributed by atoms with E-state index in [2.05, 4.69) is 6.07 Å². The lowest BCUT2D eigenvalue weighted by atomic mass is 10.1. The summed E-state index contributed by atoms with van der Waals surface area (Å²) in [5.74, 6) is 0. The molecule has 1 radical (unpaired) electrons. The van der Waals surface area contributed by atoms with Crippen molar-refractivity contribution in [3.8, 4) is 0 Å². The van der Waals surface area contributed by atoms with Gasteiger partial charge in [-0.1, -0.05) is 59.1 Å². The number of hydrogen-bond acceptors (Lipinski definition) is 0. The van der Waals surface area contributed by atoms with Crippen LogP contribution in [0, 0.1) is 6.07 Å². The molecule has 1 rings (SSSR count). The Morgan fingerprint density at radius 1 is 1.23 bits per heavy atom. The maximum atomic E-state index is 5.62. The molecule has 0 aliphatic heterocycles. The van der Waals surface area contributed by atoms with Gasteiger partial charge in [0.1, 0.15) is 0 Å². The molecule has 0 nitrogen and oxygen atoms in total. The minimum Gasteiger partial charge on any atom is -0.0837 e. The van der Waals surface area contributed by atoms with Crippen LogP contribution in [0.25, 0.3) is 0 Å². The largest absolute Gasteiger partial charge is 0.190 e. The van der Waals surface area contributed by atoms with Gasteiger partial charge >= 0.3 is 0 Å². The Bertz CT molecular complexity index is 238. The van der Waals surface area contributed by atoms with Crippen molar-refractivity contribution in [2.24, 2.45) is 0 Å². The Hall–Kier alpha value is 0.0900. The average molecular weight is 237 g/mol. The predicted molar refractivity (Wildman–Crippen MR) is 58.5 cm³/mol. The Balaban J connectivity index is 2.29. The zero-order valence-electron chi connectivity index (χ0n) is 7.06. The van der Waals surface area contributed by atoms with Gasteiger partial charge in [0, 0.05) is 0 Å². The lowest BCUT2D eigenvalue weighted by molar-refractivity contribution is 0.752. The topological polar surface area (TPSA) is 0 Å². The molecule has 1 aromatic rings. The van der Waals surface area contributed by atoms with Crippen LogP contribution in [-0.4, -0.2) is 3.79 Å². The van der Waals surface area contributed by atoms with Crippen molar-refractivity contribution in [3.63, 3.8) is 0 Å². The first-order valence-electron chi connectivity index (χ1n) is 4.10. The normalized spacial score (nSPS) is 11.6. The summed E-state index contributed by atoms with van der Waals surface area (Å²) in [5.41, 5.74) is 1.16. The van der Waals surface area contributed by atoms with Gasteiger partial charge in [-0.15, -0.1) is 0 Å². The van der Waals surface area contributed by atoms with Gasteiger partial charge in [0.05, 0.1) is 0 Å². The molecule has 0 fully saturated rings. The van der Waals surface area contributed by atoms with E-state index in [0.717, 1.165) is 18.4 Å². The third-order valence-electron chi connectivity index (χ3n) is 1.68. The third kappa shape index (κ3) is 5.41. The summed E-state index contributed by atoms with van der Waals surface area (Å²) in [6, 6.07) is 11.0. The zero-order chi connectivity index (χ0) is 9.73. The van der Waals surface area contributed by atoms with Crippen LogP contribution in [0.3, 0.4) is 0 Å². The number of halogens is 3. The molecule has 0 amide bonds. The van der Waals surface area contributed by atoms with Crippen LogP contribution >= 0.6 is 34.8 Å². The highest BCUT2D eigenvalue weighted by Gasteiger charge is 2.18. The standard InChI is InChI=1S/C10H10Cl3/c11-10(12,13)8-4-7-9-5-2-1-3-6-9/h1-3,5H,4,7-8H2. The maximum Gasteiger partial charge on any atom is 0.190 e. The predicted octanol–water partition coefficient (Wildman–Crippen LogP) is 4.18. The molecule has 0 saturated heterocycles. The van der Waals surface area contributed by atoms with Crippen LogP contribution in [0.1, 0.15) is 18.4 Å². The molecule has 0 saturated carbocycles. The minimum atomic E-state index is -1.12. The van der Waals surface area contributed by atoms with E-state index in [9.17, 15) is 0 Å². The van der Waals surface area contributed by atoms with Gasteiger partial charge in [-0.25, -0.2) is 0 Å². The fourth-order valence-corrected chi connectivity index (χ4v) is 1.47. The molecule has 0 spiro atoms. The van der Waals surface area contributed by atoms with Crippen molar-refractivity contribution in [2.75, 3.05) is 0 Å². The molecule has 1 aromatic carbocycles. The average Bonchev–Trinajstić information content (AvgIpc) is 2.04. The van der Waals surface area contributed by atoms with Crippen LogP contribution in [0.15, 0.2) is 24.3 Å². The molecular weight excluding hydrogens is 226 g/mol. The molecule has 0 unspecified atom stereocenters. The van der Waals surface area contributed by atoms with E-state index in [-0.39, 0.29) is 0 Å². The fraction of sp³-hybridized carbons (Fsp3) is 0.400. The summed E-state index contributed by atoms with van der Waals surface area (Å²) in [6.45, 7) is 0. The zero-order valence-corrected chi connectivity index (χ0v) is 9.33. The maximum absolute atomic E-state index is 5.62. The van der Waals surface area contributed by atoms with Gasteiger partial charge in [0.2, 0.25) is 0 Å². The van der Waals surface area contributed by atoms with Crippen LogP contribution in [-0.2, 0) is 6.42 Å². The fourth-order valence-electron chi connectivity index (χ4n) is 1.07. The van der Waals surface area contributed by atoms with Crippen molar-refractivity contribution >= 4 is 34.8 Å². The summed E-state index contributed by atoms with van der Waals surface area (Å²) < 4.78 is -1.12. The number of alkyl halides is 3.